The lowest BCUT2D eigenvalue weighted by atomic mass is 9.98. The third kappa shape index (κ3) is 2.33. The molecule has 2 fully saturated rings. The number of piperidine rings is 1. The molecule has 2 heterocycles. The van der Waals surface area contributed by atoms with Crippen molar-refractivity contribution < 1.29 is 18.3 Å². The molecule has 0 radical (unpaired) electrons. The Morgan fingerprint density at radius 1 is 1.22 bits per heavy atom. The van der Waals surface area contributed by atoms with E-state index in [4.69, 9.17) is 5.11 Å². The first-order valence-corrected chi connectivity index (χ1v) is 9.46. The van der Waals surface area contributed by atoms with Crippen LogP contribution in [0, 0.1) is 5.92 Å². The molecule has 2 aliphatic heterocycles. The topological polar surface area (TPSA) is 77.9 Å². The molecule has 1 saturated heterocycles. The van der Waals surface area contributed by atoms with E-state index in [0.29, 0.717) is 18.2 Å². The van der Waals surface area contributed by atoms with Gasteiger partial charge in [0.25, 0.3) is 0 Å². The first-order valence-electron chi connectivity index (χ1n) is 8.07. The Labute approximate surface area is 135 Å². The van der Waals surface area contributed by atoms with E-state index >= 15 is 0 Å². The van der Waals surface area contributed by atoms with Crippen LogP contribution in [0.1, 0.15) is 37.2 Å². The molecule has 0 aromatic heterocycles. The summed E-state index contributed by atoms with van der Waals surface area (Å²) < 4.78 is 29.3. The molecule has 2 bridgehead atoms. The fourth-order valence-electron chi connectivity index (χ4n) is 4.35. The molecular weight excluding hydrogens is 316 g/mol. The van der Waals surface area contributed by atoms with Gasteiger partial charge in [-0.25, -0.2) is 0 Å². The molecule has 0 spiro atoms. The van der Waals surface area contributed by atoms with Gasteiger partial charge in [0.2, 0.25) is 0 Å². The maximum atomic E-state index is 13.1. The molecule has 23 heavy (non-hydrogen) atoms. The van der Waals surface area contributed by atoms with Crippen LogP contribution in [-0.2, 0) is 15.0 Å². The normalized spacial score (nSPS) is 29.9. The van der Waals surface area contributed by atoms with Gasteiger partial charge < -0.3 is 5.11 Å². The maximum Gasteiger partial charge on any atom is 0.304 e. The minimum Gasteiger partial charge on any atom is -0.481 e. The Balaban J connectivity index is 1.68. The average Bonchev–Trinajstić information content (AvgIpc) is 3.21. The van der Waals surface area contributed by atoms with Gasteiger partial charge >= 0.3 is 16.2 Å². The van der Waals surface area contributed by atoms with E-state index < -0.39 is 16.2 Å². The second-order valence-corrected chi connectivity index (χ2v) is 8.60. The largest absolute Gasteiger partial charge is 0.481 e. The van der Waals surface area contributed by atoms with E-state index in [-0.39, 0.29) is 24.9 Å². The van der Waals surface area contributed by atoms with Gasteiger partial charge in [0.15, 0.2) is 0 Å². The lowest BCUT2D eigenvalue weighted by Gasteiger charge is -2.31. The number of hydrogen-bond donors (Lipinski definition) is 1. The van der Waals surface area contributed by atoms with Crippen molar-refractivity contribution in [2.75, 3.05) is 17.4 Å². The lowest BCUT2D eigenvalue weighted by Crippen LogP contribution is -2.47. The van der Waals surface area contributed by atoms with E-state index in [2.05, 4.69) is 0 Å². The van der Waals surface area contributed by atoms with Gasteiger partial charge in [-0.05, 0) is 36.8 Å². The molecule has 7 heteroatoms. The third-order valence-corrected chi connectivity index (χ3v) is 7.33. The molecule has 1 aromatic rings. The number of benzene rings is 1. The molecular formula is C16H20N2O4S. The van der Waals surface area contributed by atoms with Gasteiger partial charge in [-0.3, -0.25) is 9.10 Å². The number of carboxylic acids is 1. The average molecular weight is 336 g/mol. The smallest absolute Gasteiger partial charge is 0.304 e. The second-order valence-electron chi connectivity index (χ2n) is 6.80. The van der Waals surface area contributed by atoms with E-state index in [1.54, 1.807) is 16.4 Å². The highest BCUT2D eigenvalue weighted by molar-refractivity contribution is 7.90. The van der Waals surface area contributed by atoms with E-state index in [0.717, 1.165) is 24.8 Å². The zero-order chi connectivity index (χ0) is 16.2. The Morgan fingerprint density at radius 2 is 2.00 bits per heavy atom. The summed E-state index contributed by atoms with van der Waals surface area (Å²) in [7, 11) is -3.58. The Kier molecular flexibility index (Phi) is 3.39. The number of para-hydroxylation sites is 1. The number of carboxylic acid groups (broad SMARTS) is 1. The van der Waals surface area contributed by atoms with E-state index in [1.165, 1.54) is 4.31 Å². The summed E-state index contributed by atoms with van der Waals surface area (Å²) in [5.41, 5.74) is 1.46. The van der Waals surface area contributed by atoms with Gasteiger partial charge in [-0.2, -0.15) is 12.7 Å². The van der Waals surface area contributed by atoms with Gasteiger partial charge in [-0.1, -0.05) is 18.2 Å². The van der Waals surface area contributed by atoms with Gasteiger partial charge in [0.1, 0.15) is 0 Å². The molecule has 3 unspecified atom stereocenters. The summed E-state index contributed by atoms with van der Waals surface area (Å²) in [6.45, 7) is 0.830. The molecule has 3 atom stereocenters. The first-order chi connectivity index (χ1) is 11.0. The molecule has 1 N–H and O–H groups in total. The van der Waals surface area contributed by atoms with Crippen molar-refractivity contribution in [2.45, 2.75) is 37.6 Å². The highest BCUT2D eigenvalue weighted by atomic mass is 32.2. The molecule has 1 saturated carbocycles. The van der Waals surface area contributed by atoms with Crippen LogP contribution in [0.15, 0.2) is 24.3 Å². The number of aliphatic carboxylic acids is 1. The number of carbonyl (C=O) groups is 1. The Bertz CT molecular complexity index is 748. The van der Waals surface area contributed by atoms with Crippen LogP contribution in [0.2, 0.25) is 0 Å². The van der Waals surface area contributed by atoms with E-state index in [9.17, 15) is 13.2 Å². The van der Waals surface area contributed by atoms with Gasteiger partial charge in [0, 0.05) is 25.0 Å². The van der Waals surface area contributed by atoms with Crippen LogP contribution < -0.4 is 4.31 Å². The number of rotatable bonds is 4. The quantitative estimate of drug-likeness (QED) is 0.909. The molecule has 1 aliphatic carbocycles. The van der Waals surface area contributed by atoms with E-state index in [1.807, 2.05) is 12.1 Å². The summed E-state index contributed by atoms with van der Waals surface area (Å²) in [5.74, 6) is -0.690. The number of hydrogen-bond acceptors (Lipinski definition) is 3. The fourth-order valence-corrected chi connectivity index (χ4v) is 6.35. The number of nitrogens with zero attached hydrogens (tertiary/aromatic N) is 2. The van der Waals surface area contributed by atoms with Crippen LogP contribution in [0.25, 0.3) is 0 Å². The summed E-state index contributed by atoms with van der Waals surface area (Å²) >= 11 is 0. The maximum absolute atomic E-state index is 13.1. The van der Waals surface area contributed by atoms with Crippen LogP contribution in [0.3, 0.4) is 0 Å². The van der Waals surface area contributed by atoms with Crippen molar-refractivity contribution in [3.63, 3.8) is 0 Å². The highest BCUT2D eigenvalue weighted by Crippen LogP contribution is 2.44. The summed E-state index contributed by atoms with van der Waals surface area (Å²) in [6.07, 6.45) is 2.98. The van der Waals surface area contributed by atoms with Crippen molar-refractivity contribution in [3.05, 3.63) is 29.8 Å². The summed E-state index contributed by atoms with van der Waals surface area (Å²) in [6, 6.07) is 7.38. The van der Waals surface area contributed by atoms with Crippen molar-refractivity contribution >= 4 is 21.9 Å². The number of fused-ring (bicyclic) bond motifs is 3. The van der Waals surface area contributed by atoms with Crippen molar-refractivity contribution in [3.8, 4) is 0 Å². The zero-order valence-electron chi connectivity index (χ0n) is 12.8. The van der Waals surface area contributed by atoms with Crippen LogP contribution in [0.5, 0.6) is 0 Å². The van der Waals surface area contributed by atoms with Gasteiger partial charge in [-0.15, -0.1) is 0 Å². The molecule has 4 rings (SSSR count). The third-order valence-electron chi connectivity index (χ3n) is 5.39. The van der Waals surface area contributed by atoms with Gasteiger partial charge in [0.05, 0.1) is 12.1 Å². The van der Waals surface area contributed by atoms with Crippen LogP contribution in [0.4, 0.5) is 5.69 Å². The van der Waals surface area contributed by atoms with Crippen LogP contribution in [-0.4, -0.2) is 42.9 Å². The SMILES string of the molecule is O=C(O)CC1CN(S(=O)(=O)N2CC3CCC2C3)c2ccccc21. The highest BCUT2D eigenvalue weighted by Gasteiger charge is 2.48. The fraction of sp³-hybridized carbons (Fsp3) is 0.562. The monoisotopic (exact) mass is 336 g/mol. The predicted octanol–water partition coefficient (Wildman–Crippen LogP) is 1.79. The summed E-state index contributed by atoms with van der Waals surface area (Å²) in [4.78, 5) is 11.1. The van der Waals surface area contributed by atoms with Crippen molar-refractivity contribution in [1.82, 2.24) is 4.31 Å². The first kappa shape index (κ1) is 15.0. The Hall–Kier alpha value is -1.60. The Morgan fingerprint density at radius 3 is 2.65 bits per heavy atom. The predicted molar refractivity (Wildman–Crippen MR) is 85.5 cm³/mol. The zero-order valence-corrected chi connectivity index (χ0v) is 13.6. The standard InChI is InChI=1S/C16H20N2O4S/c19-16(20)8-12-10-18(15-4-2-1-3-14(12)15)23(21,22)17-9-11-5-6-13(17)7-11/h1-4,11-13H,5-10H2,(H,19,20). The minimum absolute atomic E-state index is 0.0465. The minimum atomic E-state index is -3.58. The lowest BCUT2D eigenvalue weighted by molar-refractivity contribution is -0.137. The number of anilines is 1. The molecule has 3 aliphatic rings. The second kappa shape index (κ2) is 5.21. The van der Waals surface area contributed by atoms with Crippen molar-refractivity contribution in [1.29, 1.82) is 0 Å². The van der Waals surface area contributed by atoms with Crippen LogP contribution >= 0.6 is 0 Å². The molecule has 0 amide bonds. The summed E-state index contributed by atoms with van der Waals surface area (Å²) in [5, 5.41) is 9.11. The molecule has 1 aromatic carbocycles. The molecule has 124 valence electrons. The van der Waals surface area contributed by atoms with Crippen molar-refractivity contribution in [2.24, 2.45) is 5.92 Å². The molecule has 6 nitrogen and oxygen atoms in total.